The Morgan fingerprint density at radius 1 is 1.12 bits per heavy atom. The number of rotatable bonds is 5. The normalized spacial score (nSPS) is 19.4. The molecule has 2 rings (SSSR count). The molecule has 7 heteroatoms. The molecule has 1 aliphatic rings. The number of hydrogen-bond donors (Lipinski definition) is 3. The van der Waals surface area contributed by atoms with Crippen molar-refractivity contribution in [2.24, 2.45) is 11.8 Å². The van der Waals surface area contributed by atoms with E-state index in [-0.39, 0.29) is 11.8 Å². The highest BCUT2D eigenvalue weighted by Gasteiger charge is 2.34. The third-order valence-electron chi connectivity index (χ3n) is 3.86. The van der Waals surface area contributed by atoms with Crippen LogP contribution in [-0.4, -0.2) is 30.0 Å². The summed E-state index contributed by atoms with van der Waals surface area (Å²) in [6.45, 7) is 1.37. The number of nitrogens with one attached hydrogen (secondary N) is 2. The van der Waals surface area contributed by atoms with Crippen LogP contribution in [-0.2, 0) is 14.4 Å². The van der Waals surface area contributed by atoms with Crippen LogP contribution >= 0.6 is 0 Å². The first-order chi connectivity index (χ1) is 11.4. The quantitative estimate of drug-likeness (QED) is 0.717. The number of amides is 2. The van der Waals surface area contributed by atoms with Crippen molar-refractivity contribution in [1.29, 1.82) is 0 Å². The molecule has 0 saturated heterocycles. The molecule has 1 aromatic rings. The molecular weight excluding hydrogens is 312 g/mol. The van der Waals surface area contributed by atoms with Gasteiger partial charge in [-0.1, -0.05) is 12.2 Å². The van der Waals surface area contributed by atoms with Crippen LogP contribution in [0.25, 0.3) is 0 Å². The van der Waals surface area contributed by atoms with Gasteiger partial charge in [0, 0.05) is 12.6 Å². The zero-order chi connectivity index (χ0) is 17.7. The maximum Gasteiger partial charge on any atom is 0.307 e. The number of hydrogen-bond acceptors (Lipinski definition) is 4. The molecule has 0 unspecified atom stereocenters. The van der Waals surface area contributed by atoms with Gasteiger partial charge in [0.1, 0.15) is 5.75 Å². The number of methoxy groups -OCH3 is 1. The minimum atomic E-state index is -0.979. The van der Waals surface area contributed by atoms with Crippen molar-refractivity contribution in [1.82, 2.24) is 0 Å². The number of benzene rings is 1. The fourth-order valence-corrected chi connectivity index (χ4v) is 2.68. The number of carbonyl (C=O) groups excluding carboxylic acids is 2. The summed E-state index contributed by atoms with van der Waals surface area (Å²) in [7, 11) is 1.48. The van der Waals surface area contributed by atoms with Crippen molar-refractivity contribution in [3.8, 4) is 5.75 Å². The number of aliphatic carboxylic acids is 1. The second-order valence-corrected chi connectivity index (χ2v) is 5.58. The SMILES string of the molecule is COc1ccc(NC(=O)[C@@H]2CC=CC[C@@H]2C(=O)O)cc1NC(C)=O. The van der Waals surface area contributed by atoms with Crippen LogP contribution in [0.15, 0.2) is 30.4 Å². The Balaban J connectivity index is 2.17. The predicted molar refractivity (Wildman–Crippen MR) is 88.9 cm³/mol. The molecule has 24 heavy (non-hydrogen) atoms. The summed E-state index contributed by atoms with van der Waals surface area (Å²) in [6.07, 6.45) is 4.33. The summed E-state index contributed by atoms with van der Waals surface area (Å²) in [5, 5.41) is 14.6. The number of anilines is 2. The van der Waals surface area contributed by atoms with Gasteiger partial charge in [0.2, 0.25) is 11.8 Å². The largest absolute Gasteiger partial charge is 0.495 e. The molecule has 1 aromatic carbocycles. The van der Waals surface area contributed by atoms with Gasteiger partial charge in [-0.3, -0.25) is 14.4 Å². The van der Waals surface area contributed by atoms with Crippen LogP contribution in [0.2, 0.25) is 0 Å². The van der Waals surface area contributed by atoms with Gasteiger partial charge in [0.05, 0.1) is 24.6 Å². The first kappa shape index (κ1) is 17.5. The van der Waals surface area contributed by atoms with Gasteiger partial charge in [0.15, 0.2) is 0 Å². The van der Waals surface area contributed by atoms with E-state index in [1.54, 1.807) is 24.3 Å². The molecule has 0 aliphatic heterocycles. The third-order valence-corrected chi connectivity index (χ3v) is 3.86. The molecule has 0 radical (unpaired) electrons. The van der Waals surface area contributed by atoms with Gasteiger partial charge in [-0.15, -0.1) is 0 Å². The molecule has 128 valence electrons. The molecule has 0 heterocycles. The Morgan fingerprint density at radius 3 is 2.38 bits per heavy atom. The van der Waals surface area contributed by atoms with Crippen molar-refractivity contribution < 1.29 is 24.2 Å². The number of allylic oxidation sites excluding steroid dienone is 2. The number of ether oxygens (including phenoxy) is 1. The molecule has 0 aromatic heterocycles. The summed E-state index contributed by atoms with van der Waals surface area (Å²) < 4.78 is 5.16. The number of carboxylic acids is 1. The van der Waals surface area contributed by atoms with E-state index >= 15 is 0 Å². The minimum Gasteiger partial charge on any atom is -0.495 e. The molecule has 0 saturated carbocycles. The molecule has 7 nitrogen and oxygen atoms in total. The van der Waals surface area contributed by atoms with E-state index in [0.29, 0.717) is 30.0 Å². The van der Waals surface area contributed by atoms with Gasteiger partial charge < -0.3 is 20.5 Å². The third kappa shape index (κ3) is 4.13. The smallest absolute Gasteiger partial charge is 0.307 e. The Hall–Kier alpha value is -2.83. The van der Waals surface area contributed by atoms with E-state index < -0.39 is 17.8 Å². The van der Waals surface area contributed by atoms with Gasteiger partial charge in [-0.25, -0.2) is 0 Å². The lowest BCUT2D eigenvalue weighted by Gasteiger charge is -2.24. The van der Waals surface area contributed by atoms with Crippen LogP contribution in [0.5, 0.6) is 5.75 Å². The topological polar surface area (TPSA) is 105 Å². The number of carbonyl (C=O) groups is 3. The van der Waals surface area contributed by atoms with Gasteiger partial charge in [0.25, 0.3) is 0 Å². The van der Waals surface area contributed by atoms with Crippen LogP contribution < -0.4 is 15.4 Å². The van der Waals surface area contributed by atoms with Gasteiger partial charge >= 0.3 is 5.97 Å². The lowest BCUT2D eigenvalue weighted by atomic mass is 9.82. The van der Waals surface area contributed by atoms with Crippen LogP contribution in [0.1, 0.15) is 19.8 Å². The van der Waals surface area contributed by atoms with Crippen molar-refractivity contribution in [2.75, 3.05) is 17.7 Å². The lowest BCUT2D eigenvalue weighted by Crippen LogP contribution is -2.34. The highest BCUT2D eigenvalue weighted by Crippen LogP contribution is 2.30. The fourth-order valence-electron chi connectivity index (χ4n) is 2.68. The fraction of sp³-hybridized carbons (Fsp3) is 0.353. The van der Waals surface area contributed by atoms with E-state index in [1.165, 1.54) is 14.0 Å². The average Bonchev–Trinajstić information content (AvgIpc) is 2.54. The maximum absolute atomic E-state index is 12.4. The molecule has 1 aliphatic carbocycles. The Labute approximate surface area is 139 Å². The summed E-state index contributed by atoms with van der Waals surface area (Å²) in [5.41, 5.74) is 0.893. The Bertz CT molecular complexity index is 684. The zero-order valence-corrected chi connectivity index (χ0v) is 13.5. The van der Waals surface area contributed by atoms with Crippen LogP contribution in [0.4, 0.5) is 11.4 Å². The van der Waals surface area contributed by atoms with Gasteiger partial charge in [-0.2, -0.15) is 0 Å². The van der Waals surface area contributed by atoms with E-state index in [2.05, 4.69) is 10.6 Å². The van der Waals surface area contributed by atoms with Crippen molar-refractivity contribution in [2.45, 2.75) is 19.8 Å². The highest BCUT2D eigenvalue weighted by atomic mass is 16.5. The standard InChI is InChI=1S/C17H20N2O5/c1-10(20)18-14-9-11(7-8-15(14)24-2)19-16(21)12-5-3-4-6-13(12)17(22)23/h3-4,7-9,12-13H,5-6H2,1-2H3,(H,18,20)(H,19,21)(H,22,23)/t12-,13+/m1/s1. The summed E-state index contributed by atoms with van der Waals surface area (Å²) in [6, 6.07) is 4.83. The van der Waals surface area contributed by atoms with E-state index in [0.717, 1.165) is 0 Å². The highest BCUT2D eigenvalue weighted by molar-refractivity contribution is 5.97. The van der Waals surface area contributed by atoms with Crippen molar-refractivity contribution in [3.63, 3.8) is 0 Å². The van der Waals surface area contributed by atoms with E-state index in [4.69, 9.17) is 4.74 Å². The van der Waals surface area contributed by atoms with Crippen molar-refractivity contribution >= 4 is 29.2 Å². The molecule has 2 amide bonds. The maximum atomic E-state index is 12.4. The molecule has 3 N–H and O–H groups in total. The Kier molecular flexibility index (Phi) is 5.57. The molecular formula is C17H20N2O5. The first-order valence-electron chi connectivity index (χ1n) is 7.56. The average molecular weight is 332 g/mol. The summed E-state index contributed by atoms with van der Waals surface area (Å²) in [4.78, 5) is 35.0. The second-order valence-electron chi connectivity index (χ2n) is 5.58. The summed E-state index contributed by atoms with van der Waals surface area (Å²) in [5.74, 6) is -2.49. The number of carboxylic acid groups (broad SMARTS) is 1. The van der Waals surface area contributed by atoms with Crippen LogP contribution in [0.3, 0.4) is 0 Å². The molecule has 2 atom stereocenters. The zero-order valence-electron chi connectivity index (χ0n) is 13.5. The summed E-state index contributed by atoms with van der Waals surface area (Å²) >= 11 is 0. The van der Waals surface area contributed by atoms with E-state index in [1.807, 2.05) is 6.08 Å². The molecule has 0 spiro atoms. The molecule has 0 fully saturated rings. The van der Waals surface area contributed by atoms with Crippen molar-refractivity contribution in [3.05, 3.63) is 30.4 Å². The molecule has 0 bridgehead atoms. The predicted octanol–water partition coefficient (Wildman–Crippen LogP) is 2.26. The minimum absolute atomic E-state index is 0.264. The van der Waals surface area contributed by atoms with Crippen LogP contribution in [0, 0.1) is 11.8 Å². The lowest BCUT2D eigenvalue weighted by molar-refractivity contribution is -0.146. The van der Waals surface area contributed by atoms with Gasteiger partial charge in [-0.05, 0) is 31.0 Å². The monoisotopic (exact) mass is 332 g/mol. The first-order valence-corrected chi connectivity index (χ1v) is 7.56. The second kappa shape index (κ2) is 7.63. The Morgan fingerprint density at radius 2 is 1.79 bits per heavy atom. The van der Waals surface area contributed by atoms with E-state index in [9.17, 15) is 19.5 Å².